The van der Waals surface area contributed by atoms with Crippen molar-refractivity contribution in [3.8, 4) is 0 Å². The minimum Gasteiger partial charge on any atom is -0.477 e. The number of carboxylic acid groups (broad SMARTS) is 1. The third-order valence-corrected chi connectivity index (χ3v) is 4.22. The molecule has 0 aliphatic heterocycles. The average molecular weight is 267 g/mol. The first-order valence-electron chi connectivity index (χ1n) is 5.18. The molecule has 0 fully saturated rings. The highest BCUT2D eigenvalue weighted by Gasteiger charge is 2.09. The molecule has 2 heterocycles. The molecule has 0 radical (unpaired) electrons. The van der Waals surface area contributed by atoms with Crippen LogP contribution in [0.5, 0.6) is 0 Å². The molecule has 0 spiro atoms. The summed E-state index contributed by atoms with van der Waals surface area (Å²) in [5.41, 5.74) is 0. The molecule has 2 rings (SSSR count). The van der Waals surface area contributed by atoms with E-state index in [4.69, 9.17) is 5.11 Å². The standard InChI is InChI=1S/C12H13NO2S2/c1-13(7-9-3-2-6-16-9)8-10-4-5-11(17-10)12(14)15/h2-6H,7-8H2,1H3,(H,14,15). The zero-order valence-electron chi connectivity index (χ0n) is 9.42. The first kappa shape index (κ1) is 12.3. The van der Waals surface area contributed by atoms with Crippen molar-refractivity contribution >= 4 is 28.6 Å². The van der Waals surface area contributed by atoms with E-state index < -0.39 is 5.97 Å². The van der Waals surface area contributed by atoms with Crippen LogP contribution in [0.25, 0.3) is 0 Å². The van der Waals surface area contributed by atoms with Crippen molar-refractivity contribution in [2.24, 2.45) is 0 Å². The first-order valence-corrected chi connectivity index (χ1v) is 6.87. The lowest BCUT2D eigenvalue weighted by atomic mass is 10.4. The molecular weight excluding hydrogens is 254 g/mol. The molecule has 0 saturated heterocycles. The second kappa shape index (κ2) is 5.44. The van der Waals surface area contributed by atoms with Crippen molar-refractivity contribution in [1.82, 2.24) is 4.90 Å². The van der Waals surface area contributed by atoms with E-state index >= 15 is 0 Å². The highest BCUT2D eigenvalue weighted by atomic mass is 32.1. The Kier molecular flexibility index (Phi) is 3.93. The SMILES string of the molecule is CN(Cc1cccs1)Cc1ccc(C(=O)O)s1. The Balaban J connectivity index is 1.93. The second-order valence-corrected chi connectivity index (χ2v) is 6.02. The van der Waals surface area contributed by atoms with E-state index in [0.29, 0.717) is 4.88 Å². The predicted octanol–water partition coefficient (Wildman–Crippen LogP) is 3.14. The molecule has 0 unspecified atom stereocenters. The van der Waals surface area contributed by atoms with Crippen LogP contribution in [0.15, 0.2) is 29.6 Å². The van der Waals surface area contributed by atoms with E-state index in [-0.39, 0.29) is 0 Å². The van der Waals surface area contributed by atoms with Gasteiger partial charge in [-0.3, -0.25) is 4.90 Å². The first-order chi connectivity index (χ1) is 8.15. The van der Waals surface area contributed by atoms with Gasteiger partial charge in [0.15, 0.2) is 0 Å². The van der Waals surface area contributed by atoms with Gasteiger partial charge in [0.05, 0.1) is 0 Å². The Labute approximate surface area is 108 Å². The zero-order valence-corrected chi connectivity index (χ0v) is 11.1. The molecule has 2 aromatic heterocycles. The van der Waals surface area contributed by atoms with Crippen molar-refractivity contribution in [2.75, 3.05) is 7.05 Å². The van der Waals surface area contributed by atoms with Crippen LogP contribution in [0.2, 0.25) is 0 Å². The zero-order chi connectivity index (χ0) is 12.3. The van der Waals surface area contributed by atoms with Crippen molar-refractivity contribution < 1.29 is 9.90 Å². The summed E-state index contributed by atoms with van der Waals surface area (Å²) < 4.78 is 0. The number of thiophene rings is 2. The van der Waals surface area contributed by atoms with Gasteiger partial charge in [-0.1, -0.05) is 6.07 Å². The van der Waals surface area contributed by atoms with Crippen LogP contribution < -0.4 is 0 Å². The van der Waals surface area contributed by atoms with Crippen LogP contribution in [0.4, 0.5) is 0 Å². The molecule has 0 aliphatic rings. The number of aromatic carboxylic acids is 1. The van der Waals surface area contributed by atoms with Crippen molar-refractivity contribution in [1.29, 1.82) is 0 Å². The Morgan fingerprint density at radius 3 is 2.65 bits per heavy atom. The van der Waals surface area contributed by atoms with E-state index in [1.165, 1.54) is 16.2 Å². The molecule has 0 bridgehead atoms. The number of hydrogen-bond donors (Lipinski definition) is 1. The summed E-state index contributed by atoms with van der Waals surface area (Å²) in [4.78, 5) is 15.8. The topological polar surface area (TPSA) is 40.5 Å². The van der Waals surface area contributed by atoms with Crippen molar-refractivity contribution in [2.45, 2.75) is 13.1 Å². The van der Waals surface area contributed by atoms with Crippen LogP contribution in [0.1, 0.15) is 19.4 Å². The van der Waals surface area contributed by atoms with Gasteiger partial charge in [0.2, 0.25) is 0 Å². The number of nitrogens with zero attached hydrogens (tertiary/aromatic N) is 1. The largest absolute Gasteiger partial charge is 0.477 e. The fourth-order valence-electron chi connectivity index (χ4n) is 1.57. The van der Waals surface area contributed by atoms with E-state index in [1.54, 1.807) is 17.4 Å². The van der Waals surface area contributed by atoms with Crippen molar-refractivity contribution in [3.63, 3.8) is 0 Å². The molecule has 0 saturated carbocycles. The molecule has 1 N–H and O–H groups in total. The summed E-state index contributed by atoms with van der Waals surface area (Å²) in [5.74, 6) is -0.845. The van der Waals surface area contributed by atoms with Crippen LogP contribution in [-0.2, 0) is 13.1 Å². The fourth-order valence-corrected chi connectivity index (χ4v) is 3.28. The lowest BCUT2D eigenvalue weighted by Crippen LogP contribution is -2.15. The molecule has 17 heavy (non-hydrogen) atoms. The Morgan fingerprint density at radius 2 is 2.06 bits per heavy atom. The van der Waals surface area contributed by atoms with Crippen LogP contribution in [0, 0.1) is 0 Å². The van der Waals surface area contributed by atoms with Crippen molar-refractivity contribution in [3.05, 3.63) is 44.3 Å². The minimum absolute atomic E-state index is 0.407. The van der Waals surface area contributed by atoms with Gasteiger partial charge in [0, 0.05) is 22.8 Å². The van der Waals surface area contributed by atoms with Crippen LogP contribution in [0.3, 0.4) is 0 Å². The van der Waals surface area contributed by atoms with Gasteiger partial charge >= 0.3 is 5.97 Å². The van der Waals surface area contributed by atoms with E-state index in [0.717, 1.165) is 18.0 Å². The molecule has 0 aromatic carbocycles. The summed E-state index contributed by atoms with van der Waals surface area (Å²) >= 11 is 3.08. The Morgan fingerprint density at radius 1 is 1.29 bits per heavy atom. The normalized spacial score (nSPS) is 10.9. The highest BCUT2D eigenvalue weighted by molar-refractivity contribution is 7.13. The number of rotatable bonds is 5. The lowest BCUT2D eigenvalue weighted by Gasteiger charge is -2.13. The second-order valence-electron chi connectivity index (χ2n) is 3.82. The molecule has 2 aromatic rings. The maximum atomic E-state index is 10.8. The monoisotopic (exact) mass is 267 g/mol. The quantitative estimate of drug-likeness (QED) is 0.904. The Bertz CT molecular complexity index is 490. The summed E-state index contributed by atoms with van der Waals surface area (Å²) in [5, 5.41) is 10.9. The Hall–Kier alpha value is -1.17. The van der Waals surface area contributed by atoms with Gasteiger partial charge < -0.3 is 5.11 Å². The summed E-state index contributed by atoms with van der Waals surface area (Å²) in [6.07, 6.45) is 0. The van der Waals surface area contributed by atoms with Crippen LogP contribution in [-0.4, -0.2) is 23.0 Å². The summed E-state index contributed by atoms with van der Waals surface area (Å²) in [7, 11) is 2.04. The highest BCUT2D eigenvalue weighted by Crippen LogP contribution is 2.19. The maximum absolute atomic E-state index is 10.8. The number of carboxylic acids is 1. The molecular formula is C12H13NO2S2. The summed E-state index contributed by atoms with van der Waals surface area (Å²) in [6.45, 7) is 1.69. The third-order valence-electron chi connectivity index (χ3n) is 2.30. The molecule has 5 heteroatoms. The molecule has 0 atom stereocenters. The van der Waals surface area contributed by atoms with Gasteiger partial charge in [-0.05, 0) is 30.6 Å². The van der Waals surface area contributed by atoms with Gasteiger partial charge in [0.25, 0.3) is 0 Å². The van der Waals surface area contributed by atoms with Gasteiger partial charge in [-0.25, -0.2) is 4.79 Å². The predicted molar refractivity (Wildman–Crippen MR) is 70.8 cm³/mol. The van der Waals surface area contributed by atoms with E-state index in [9.17, 15) is 4.79 Å². The van der Waals surface area contributed by atoms with Crippen LogP contribution >= 0.6 is 22.7 Å². The number of carbonyl (C=O) groups is 1. The number of hydrogen-bond acceptors (Lipinski definition) is 4. The maximum Gasteiger partial charge on any atom is 0.345 e. The van der Waals surface area contributed by atoms with Gasteiger partial charge in [-0.2, -0.15) is 0 Å². The minimum atomic E-state index is -0.845. The molecule has 3 nitrogen and oxygen atoms in total. The van der Waals surface area contributed by atoms with Gasteiger partial charge in [-0.15, -0.1) is 22.7 Å². The summed E-state index contributed by atoms with van der Waals surface area (Å²) in [6, 6.07) is 7.71. The smallest absolute Gasteiger partial charge is 0.345 e. The molecule has 0 aliphatic carbocycles. The van der Waals surface area contributed by atoms with E-state index in [2.05, 4.69) is 16.3 Å². The van der Waals surface area contributed by atoms with Gasteiger partial charge in [0.1, 0.15) is 4.88 Å². The molecule has 90 valence electrons. The lowest BCUT2D eigenvalue weighted by molar-refractivity contribution is 0.0702. The third kappa shape index (κ3) is 3.39. The average Bonchev–Trinajstić information content (AvgIpc) is 2.88. The van der Waals surface area contributed by atoms with E-state index in [1.807, 2.05) is 19.2 Å². The fraction of sp³-hybridized carbons (Fsp3) is 0.250. The molecule has 0 amide bonds.